The molecule has 1 rings (SSSR count). The number of hydrogen-bond donors (Lipinski definition) is 2. The Balaban J connectivity index is 2.95. The van der Waals surface area contributed by atoms with Gasteiger partial charge in [0.15, 0.2) is 5.78 Å². The van der Waals surface area contributed by atoms with Gasteiger partial charge in [0.2, 0.25) is 0 Å². The maximum Gasteiger partial charge on any atom is 0.407 e. The predicted molar refractivity (Wildman–Crippen MR) is 98.2 cm³/mol. The van der Waals surface area contributed by atoms with Crippen LogP contribution in [0.5, 0.6) is 0 Å². The molecule has 1 aliphatic rings. The molecule has 0 radical (unpaired) electrons. The molecule has 0 aliphatic carbocycles. The highest BCUT2D eigenvalue weighted by atomic mass is 32.2. The van der Waals surface area contributed by atoms with E-state index in [-0.39, 0.29) is 24.6 Å². The largest absolute Gasteiger partial charge is 0.469 e. The number of esters is 1. The van der Waals surface area contributed by atoms with E-state index in [1.807, 2.05) is 0 Å². The van der Waals surface area contributed by atoms with Crippen molar-refractivity contribution in [1.29, 1.82) is 0 Å². The quantitative estimate of drug-likeness (QED) is 0.450. The van der Waals surface area contributed by atoms with E-state index in [4.69, 9.17) is 0 Å². The number of carbonyl (C=O) groups is 4. The molecule has 1 unspecified atom stereocenters. The molecule has 0 saturated carbocycles. The number of hydrogen-bond acceptors (Lipinski definition) is 9. The van der Waals surface area contributed by atoms with Gasteiger partial charge >= 0.3 is 18.2 Å². The Morgan fingerprint density at radius 2 is 1.65 bits per heavy atom. The van der Waals surface area contributed by atoms with E-state index >= 15 is 0 Å². The van der Waals surface area contributed by atoms with Gasteiger partial charge in [-0.1, -0.05) is 0 Å². The molecule has 0 aromatic rings. The van der Waals surface area contributed by atoms with E-state index in [2.05, 4.69) is 24.8 Å². The van der Waals surface area contributed by atoms with Crippen LogP contribution in [-0.2, 0) is 23.8 Å². The van der Waals surface area contributed by atoms with Gasteiger partial charge in [0.1, 0.15) is 4.08 Å². The van der Waals surface area contributed by atoms with Crippen molar-refractivity contribution in [1.82, 2.24) is 10.6 Å². The summed E-state index contributed by atoms with van der Waals surface area (Å²) in [6, 6.07) is -1.21. The number of nitrogens with one attached hydrogen (secondary N) is 2. The minimum atomic E-state index is -1.00. The fourth-order valence-electron chi connectivity index (χ4n) is 2.60. The predicted octanol–water partition coefficient (Wildman–Crippen LogP) is 1.15. The average Bonchev–Trinajstić information content (AvgIpc) is 2.99. The summed E-state index contributed by atoms with van der Waals surface area (Å²) < 4.78 is 12.8. The Bertz CT molecular complexity index is 546. The maximum absolute atomic E-state index is 12.9. The topological polar surface area (TPSA) is 120 Å². The van der Waals surface area contributed by atoms with E-state index in [9.17, 15) is 19.2 Å². The first-order valence-corrected chi connectivity index (χ1v) is 10.0. The Hall–Kier alpha value is -1.62. The minimum absolute atomic E-state index is 0.130. The first-order chi connectivity index (χ1) is 12.3. The highest BCUT2D eigenvalue weighted by Crippen LogP contribution is 2.47. The molecule has 11 heteroatoms. The summed E-state index contributed by atoms with van der Waals surface area (Å²) in [6.45, 7) is 0. The van der Waals surface area contributed by atoms with Crippen LogP contribution in [-0.4, -0.2) is 73.4 Å². The lowest BCUT2D eigenvalue weighted by Crippen LogP contribution is -2.59. The molecule has 2 N–H and O–H groups in total. The van der Waals surface area contributed by atoms with Gasteiger partial charge in [0.25, 0.3) is 0 Å². The molecule has 26 heavy (non-hydrogen) atoms. The fraction of sp³-hybridized carbons (Fsp3) is 0.733. The molecule has 1 saturated heterocycles. The second kappa shape index (κ2) is 10.5. The Labute approximate surface area is 160 Å². The highest BCUT2D eigenvalue weighted by Gasteiger charge is 2.55. The Kier molecular flexibility index (Phi) is 9.06. The van der Waals surface area contributed by atoms with Gasteiger partial charge in [-0.25, -0.2) is 9.59 Å². The second-order valence-electron chi connectivity index (χ2n) is 5.39. The van der Waals surface area contributed by atoms with Crippen LogP contribution in [0.4, 0.5) is 9.59 Å². The SMILES string of the molecule is COC(=O)CCCC(=O)C1(SC)SC[C@@H](NC(=O)OC)[C@@H]1NC(=O)OC. The maximum atomic E-state index is 12.9. The number of Topliss-reactive ketones (excluding diaryl/α,β-unsaturated/α-hetero) is 1. The third-order valence-corrected chi connectivity index (χ3v) is 7.32. The zero-order valence-electron chi connectivity index (χ0n) is 15.2. The van der Waals surface area contributed by atoms with E-state index < -0.39 is 28.3 Å². The first kappa shape index (κ1) is 22.4. The van der Waals surface area contributed by atoms with Crippen LogP contribution in [0.1, 0.15) is 19.3 Å². The van der Waals surface area contributed by atoms with Gasteiger partial charge in [-0.05, 0) is 12.7 Å². The Morgan fingerprint density at radius 1 is 1.04 bits per heavy atom. The van der Waals surface area contributed by atoms with Crippen molar-refractivity contribution in [3.63, 3.8) is 0 Å². The summed E-state index contributed by atoms with van der Waals surface area (Å²) in [7, 11) is 3.75. The molecule has 1 aliphatic heterocycles. The molecular weight excluding hydrogens is 384 g/mol. The van der Waals surface area contributed by atoms with E-state index in [0.717, 1.165) is 0 Å². The monoisotopic (exact) mass is 408 g/mol. The number of methoxy groups -OCH3 is 3. The summed E-state index contributed by atoms with van der Waals surface area (Å²) in [5.74, 6) is -0.105. The summed E-state index contributed by atoms with van der Waals surface area (Å²) in [4.78, 5) is 47.5. The molecule has 2 amide bonds. The van der Waals surface area contributed by atoms with E-state index in [1.54, 1.807) is 6.26 Å². The van der Waals surface area contributed by atoms with Gasteiger partial charge in [0, 0.05) is 18.6 Å². The summed E-state index contributed by atoms with van der Waals surface area (Å²) >= 11 is 2.63. The summed E-state index contributed by atoms with van der Waals surface area (Å²) in [5.41, 5.74) is 0. The first-order valence-electron chi connectivity index (χ1n) is 7.82. The van der Waals surface area contributed by atoms with Crippen molar-refractivity contribution >= 4 is 47.5 Å². The molecule has 0 spiro atoms. The molecule has 9 nitrogen and oxygen atoms in total. The smallest absolute Gasteiger partial charge is 0.407 e. The lowest BCUT2D eigenvalue weighted by Gasteiger charge is -2.33. The number of ether oxygens (including phenoxy) is 3. The van der Waals surface area contributed by atoms with Crippen molar-refractivity contribution in [2.24, 2.45) is 0 Å². The van der Waals surface area contributed by atoms with Crippen molar-refractivity contribution in [3.8, 4) is 0 Å². The number of amides is 2. The third-order valence-electron chi connectivity index (χ3n) is 3.94. The molecule has 148 valence electrons. The number of alkyl carbamates (subject to hydrolysis) is 2. The fourth-order valence-corrected chi connectivity index (χ4v) is 5.46. The lowest BCUT2D eigenvalue weighted by molar-refractivity contribution is -0.140. The van der Waals surface area contributed by atoms with E-state index in [0.29, 0.717) is 12.2 Å². The number of rotatable bonds is 8. The van der Waals surface area contributed by atoms with Crippen LogP contribution in [0.15, 0.2) is 0 Å². The third kappa shape index (κ3) is 5.44. The molecule has 3 atom stereocenters. The van der Waals surface area contributed by atoms with Crippen molar-refractivity contribution in [2.45, 2.75) is 35.4 Å². The number of carbonyl (C=O) groups excluding carboxylic acids is 4. The van der Waals surface area contributed by atoms with Crippen LogP contribution >= 0.6 is 23.5 Å². The molecule has 0 aromatic heterocycles. The van der Waals surface area contributed by atoms with Crippen LogP contribution in [0, 0.1) is 0 Å². The summed E-state index contributed by atoms with van der Waals surface area (Å²) in [5, 5.41) is 5.30. The zero-order chi connectivity index (χ0) is 19.7. The van der Waals surface area contributed by atoms with E-state index in [1.165, 1.54) is 44.9 Å². The van der Waals surface area contributed by atoms with Crippen LogP contribution in [0.2, 0.25) is 0 Å². The lowest BCUT2D eigenvalue weighted by atomic mass is 9.99. The van der Waals surface area contributed by atoms with Crippen molar-refractivity contribution in [3.05, 3.63) is 0 Å². The van der Waals surface area contributed by atoms with Crippen molar-refractivity contribution in [2.75, 3.05) is 33.3 Å². The molecule has 1 heterocycles. The van der Waals surface area contributed by atoms with Crippen LogP contribution in [0.3, 0.4) is 0 Å². The van der Waals surface area contributed by atoms with Crippen molar-refractivity contribution < 1.29 is 33.4 Å². The molecule has 0 aromatic carbocycles. The van der Waals surface area contributed by atoms with Gasteiger partial charge in [0.05, 0.1) is 33.4 Å². The minimum Gasteiger partial charge on any atom is -0.469 e. The van der Waals surface area contributed by atoms with Gasteiger partial charge in [-0.3, -0.25) is 9.59 Å². The second-order valence-corrected chi connectivity index (χ2v) is 7.97. The number of ketones is 1. The zero-order valence-corrected chi connectivity index (χ0v) is 16.8. The molecular formula is C15H24N2O7S2. The van der Waals surface area contributed by atoms with Crippen LogP contribution in [0.25, 0.3) is 0 Å². The normalized spacial score (nSPS) is 24.5. The highest BCUT2D eigenvalue weighted by molar-refractivity contribution is 8.19. The van der Waals surface area contributed by atoms with Gasteiger partial charge in [-0.15, -0.1) is 23.5 Å². The average molecular weight is 408 g/mol. The molecule has 1 fully saturated rings. The molecule has 0 bridgehead atoms. The Morgan fingerprint density at radius 3 is 2.19 bits per heavy atom. The van der Waals surface area contributed by atoms with Gasteiger partial charge < -0.3 is 24.8 Å². The summed E-state index contributed by atoms with van der Waals surface area (Å²) in [6.07, 6.45) is 1.03. The van der Waals surface area contributed by atoms with Gasteiger partial charge in [-0.2, -0.15) is 0 Å². The number of thioether (sulfide) groups is 2. The standard InChI is InChI=1S/C15H24N2O7S2/c1-22-11(19)7-5-6-10(18)15(25-4)12(17-14(21)24-3)9(8-26-15)16-13(20)23-2/h9,12H,5-8H2,1-4H3,(H,16,20)(H,17,21)/t9-,12+,15?/m1/s1. The van der Waals surface area contributed by atoms with Crippen LogP contribution < -0.4 is 10.6 Å².